The molecule has 0 aliphatic carbocycles. The molecule has 3 rings (SSSR count). The molecule has 1 amide bonds. The van der Waals surface area contributed by atoms with E-state index in [9.17, 15) is 27.6 Å². The number of carbonyl (C=O) groups excluding carboxylic acids is 1. The lowest BCUT2D eigenvalue weighted by Gasteiger charge is -2.17. The molecule has 1 heterocycles. The second-order valence-corrected chi connectivity index (χ2v) is 6.49. The number of anilines is 2. The first-order valence-electron chi connectivity index (χ1n) is 10.4. The monoisotopic (exact) mass is 450 g/mol. The number of hydrogen-bond acceptors (Lipinski definition) is 5. The number of alkyl halides is 3. The first-order valence-corrected chi connectivity index (χ1v) is 8.88. The molecule has 0 radical (unpaired) electrons. The Morgan fingerprint density at radius 2 is 2.00 bits per heavy atom. The van der Waals surface area contributed by atoms with E-state index in [2.05, 4.69) is 10.4 Å². The van der Waals surface area contributed by atoms with E-state index in [-0.39, 0.29) is 32.9 Å². The molecule has 32 heavy (non-hydrogen) atoms. The smallest absolute Gasteiger partial charge is 0.410 e. The first-order chi connectivity index (χ1) is 16.3. The van der Waals surface area contributed by atoms with Crippen LogP contribution >= 0.6 is 0 Å². The number of nitrogens with two attached hydrogens (primary N) is 1. The van der Waals surface area contributed by atoms with Crippen LogP contribution in [-0.4, -0.2) is 29.0 Å². The third-order valence-electron chi connectivity index (χ3n) is 4.44. The molecule has 7 nitrogen and oxygen atoms in total. The molecule has 0 fully saturated rings. The zero-order valence-electron chi connectivity index (χ0n) is 19.4. The van der Waals surface area contributed by atoms with E-state index < -0.39 is 42.2 Å². The molecular formula is C21H17F4N5O2. The summed E-state index contributed by atoms with van der Waals surface area (Å²) in [5.74, 6) is -1.96. The van der Waals surface area contributed by atoms with E-state index in [1.165, 1.54) is 37.4 Å². The molecule has 0 aliphatic heterocycles. The maximum absolute atomic E-state index is 13.5. The maximum atomic E-state index is 13.5. The number of amides is 1. The van der Waals surface area contributed by atoms with Crippen LogP contribution in [0.3, 0.4) is 0 Å². The van der Waals surface area contributed by atoms with Gasteiger partial charge in [-0.25, -0.2) is 9.07 Å². The quantitative estimate of drug-likeness (QED) is 0.556. The van der Waals surface area contributed by atoms with Crippen molar-refractivity contribution in [3.8, 4) is 23.1 Å². The molecule has 0 aliphatic rings. The van der Waals surface area contributed by atoms with Crippen molar-refractivity contribution in [1.29, 1.82) is 5.26 Å². The lowest BCUT2D eigenvalue weighted by atomic mass is 10.1. The molecule has 1 unspecified atom stereocenters. The topological polar surface area (TPSA) is 106 Å². The molecule has 1 aromatic heterocycles. The molecule has 0 saturated heterocycles. The summed E-state index contributed by atoms with van der Waals surface area (Å²) in [5, 5.41) is 15.6. The summed E-state index contributed by atoms with van der Waals surface area (Å²) in [5.41, 5.74) is 5.26. The Labute approximate surface area is 184 Å². The number of nitrogens with one attached hydrogen (secondary N) is 1. The fourth-order valence-corrected chi connectivity index (χ4v) is 2.86. The van der Waals surface area contributed by atoms with Crippen LogP contribution < -0.4 is 15.8 Å². The van der Waals surface area contributed by atoms with Gasteiger partial charge in [-0.05, 0) is 37.2 Å². The minimum Gasteiger partial charge on any atom is -0.496 e. The van der Waals surface area contributed by atoms with Crippen LogP contribution in [-0.2, 0) is 0 Å². The van der Waals surface area contributed by atoms with Crippen molar-refractivity contribution < 1.29 is 31.2 Å². The minimum atomic E-state index is -5.22. The number of nitriles is 1. The summed E-state index contributed by atoms with van der Waals surface area (Å²) >= 11 is 0. The van der Waals surface area contributed by atoms with Gasteiger partial charge in [-0.3, -0.25) is 4.79 Å². The summed E-state index contributed by atoms with van der Waals surface area (Å²) in [6, 6.07) is 7.38. The average Bonchev–Trinajstić information content (AvgIpc) is 3.07. The van der Waals surface area contributed by atoms with Gasteiger partial charge in [0.15, 0.2) is 0 Å². The fraction of sp³-hybridized carbons (Fsp3) is 0.190. The van der Waals surface area contributed by atoms with E-state index in [1.54, 1.807) is 6.07 Å². The summed E-state index contributed by atoms with van der Waals surface area (Å²) in [7, 11) is 1.31. The molecule has 0 saturated carbocycles. The van der Waals surface area contributed by atoms with Crippen molar-refractivity contribution in [2.75, 3.05) is 18.2 Å². The molecule has 2 aromatic carbocycles. The van der Waals surface area contributed by atoms with Crippen LogP contribution in [0.25, 0.3) is 11.3 Å². The first kappa shape index (κ1) is 18.7. The van der Waals surface area contributed by atoms with Gasteiger partial charge in [0, 0.05) is 15.4 Å². The summed E-state index contributed by atoms with van der Waals surface area (Å²) < 4.78 is 80.9. The molecule has 1 atom stereocenters. The third-order valence-corrected chi connectivity index (χ3v) is 4.44. The van der Waals surface area contributed by atoms with Crippen LogP contribution in [0, 0.1) is 17.1 Å². The van der Waals surface area contributed by atoms with E-state index in [4.69, 9.17) is 14.6 Å². The maximum Gasteiger partial charge on any atom is 0.410 e. The van der Waals surface area contributed by atoms with Gasteiger partial charge >= 0.3 is 6.18 Å². The van der Waals surface area contributed by atoms with Crippen molar-refractivity contribution in [3.63, 3.8) is 0 Å². The lowest BCUT2D eigenvalue weighted by Crippen LogP contribution is -2.25. The molecule has 0 bridgehead atoms. The van der Waals surface area contributed by atoms with Gasteiger partial charge in [-0.1, -0.05) is 12.1 Å². The lowest BCUT2D eigenvalue weighted by molar-refractivity contribution is -0.164. The van der Waals surface area contributed by atoms with Gasteiger partial charge in [0.05, 0.1) is 12.7 Å². The predicted octanol–water partition coefficient (Wildman–Crippen LogP) is 4.53. The molecule has 11 heteroatoms. The molecule has 166 valence electrons. The Bertz CT molecular complexity index is 1280. The van der Waals surface area contributed by atoms with Crippen LogP contribution in [0.15, 0.2) is 42.5 Å². The van der Waals surface area contributed by atoms with Gasteiger partial charge in [-0.2, -0.15) is 23.5 Å². The van der Waals surface area contributed by atoms with Crippen LogP contribution in [0.4, 0.5) is 29.1 Å². The normalized spacial score (nSPS) is 13.9. The Morgan fingerprint density at radius 3 is 2.56 bits per heavy atom. The van der Waals surface area contributed by atoms with Crippen molar-refractivity contribution in [2.24, 2.45) is 0 Å². The standard InChI is InChI=1S/C21H17F4N5O2/c1-11(21(23,24)25)30-19(27)16(10-26)18(29-30)12-3-6-14(7-4-12)28-20(31)15-9-13(22)5-8-17(15)32-2/h3-9,11H,27H2,1-2H3,(H,28,31)/i1D3. The van der Waals surface area contributed by atoms with Crippen molar-refractivity contribution in [3.05, 3.63) is 59.4 Å². The predicted molar refractivity (Wildman–Crippen MR) is 108 cm³/mol. The zero-order chi connectivity index (χ0) is 26.1. The summed E-state index contributed by atoms with van der Waals surface area (Å²) in [4.78, 5) is 12.5. The van der Waals surface area contributed by atoms with Crippen molar-refractivity contribution in [1.82, 2.24) is 9.78 Å². The zero-order valence-corrected chi connectivity index (χ0v) is 16.4. The number of rotatable bonds is 5. The SMILES string of the molecule is [2H]C([2H])([2H])C(n1nc(-c2ccc(NC(=O)c3cc(F)ccc3OC)cc2)c(C#N)c1N)C(F)(F)F. The van der Waals surface area contributed by atoms with E-state index in [0.717, 1.165) is 12.1 Å². The highest BCUT2D eigenvalue weighted by atomic mass is 19.4. The number of nitrogen functional groups attached to an aromatic ring is 1. The number of carbonyl (C=O) groups is 1. The number of benzene rings is 2. The van der Waals surface area contributed by atoms with Crippen molar-refractivity contribution >= 4 is 17.4 Å². The number of ether oxygens (including phenoxy) is 1. The van der Waals surface area contributed by atoms with Crippen LogP contribution in [0.5, 0.6) is 5.75 Å². The number of hydrogen-bond donors (Lipinski definition) is 2. The number of methoxy groups -OCH3 is 1. The fourth-order valence-electron chi connectivity index (χ4n) is 2.86. The van der Waals surface area contributed by atoms with E-state index >= 15 is 0 Å². The second kappa shape index (κ2) is 8.58. The molecule has 3 aromatic rings. The van der Waals surface area contributed by atoms with Crippen molar-refractivity contribution in [2.45, 2.75) is 19.1 Å². The Hall–Kier alpha value is -4.07. The Kier molecular flexibility index (Phi) is 5.01. The highest BCUT2D eigenvalue weighted by Gasteiger charge is 2.40. The highest BCUT2D eigenvalue weighted by molar-refractivity contribution is 6.06. The van der Waals surface area contributed by atoms with Gasteiger partial charge in [0.1, 0.15) is 40.8 Å². The molecular weight excluding hydrogens is 430 g/mol. The van der Waals surface area contributed by atoms with Crippen LogP contribution in [0.1, 0.15) is 32.9 Å². The van der Waals surface area contributed by atoms with E-state index in [1.807, 2.05) is 0 Å². The molecule has 0 spiro atoms. The Balaban J connectivity index is 1.95. The summed E-state index contributed by atoms with van der Waals surface area (Å²) in [6.07, 6.45) is -5.22. The highest BCUT2D eigenvalue weighted by Crippen LogP contribution is 2.35. The second-order valence-electron chi connectivity index (χ2n) is 6.49. The number of nitrogens with zero attached hydrogens (tertiary/aromatic N) is 3. The summed E-state index contributed by atoms with van der Waals surface area (Å²) in [6.45, 7) is -3.53. The largest absolute Gasteiger partial charge is 0.496 e. The van der Waals surface area contributed by atoms with Gasteiger partial charge in [-0.15, -0.1) is 0 Å². The van der Waals surface area contributed by atoms with E-state index in [0.29, 0.717) is 0 Å². The van der Waals surface area contributed by atoms with Crippen LogP contribution in [0.2, 0.25) is 0 Å². The number of aromatic nitrogens is 2. The molecule has 3 N–H and O–H groups in total. The minimum absolute atomic E-state index is 0.0716. The Morgan fingerprint density at radius 1 is 1.31 bits per heavy atom. The van der Waals surface area contributed by atoms with Gasteiger partial charge in [0.25, 0.3) is 5.91 Å². The van der Waals surface area contributed by atoms with Gasteiger partial charge in [0.2, 0.25) is 0 Å². The van der Waals surface area contributed by atoms with Gasteiger partial charge < -0.3 is 15.8 Å². The number of halogens is 4. The average molecular weight is 450 g/mol. The third kappa shape index (κ3) is 4.34.